The number of nitriles is 1. The first-order valence-electron chi connectivity index (χ1n) is 10.7. The fourth-order valence-electron chi connectivity index (χ4n) is 4.28. The van der Waals surface area contributed by atoms with Gasteiger partial charge in [0.15, 0.2) is 0 Å². The molecule has 2 aromatic carbocycles. The van der Waals surface area contributed by atoms with Gasteiger partial charge in [0.05, 0.1) is 17.7 Å². The highest BCUT2D eigenvalue weighted by Gasteiger charge is 2.29. The van der Waals surface area contributed by atoms with Crippen molar-refractivity contribution in [1.82, 2.24) is 9.88 Å². The van der Waals surface area contributed by atoms with E-state index >= 15 is 0 Å². The molecule has 3 aromatic rings. The molecule has 1 aliphatic heterocycles. The number of benzene rings is 2. The summed E-state index contributed by atoms with van der Waals surface area (Å²) < 4.78 is 37.8. The number of hydrogen-bond acceptors (Lipinski definition) is 3. The van der Waals surface area contributed by atoms with Gasteiger partial charge in [-0.2, -0.15) is 18.4 Å². The van der Waals surface area contributed by atoms with Crippen LogP contribution < -0.4 is 0 Å². The highest BCUT2D eigenvalue weighted by Crippen LogP contribution is 2.29. The van der Waals surface area contributed by atoms with Gasteiger partial charge in [0.1, 0.15) is 6.07 Å². The van der Waals surface area contributed by atoms with Gasteiger partial charge in [-0.05, 0) is 65.8 Å². The molecule has 0 saturated carbocycles. The van der Waals surface area contributed by atoms with Crippen LogP contribution in [0.2, 0.25) is 0 Å². The number of hydrogen-bond donors (Lipinski definition) is 0. The average Bonchev–Trinajstić information content (AvgIpc) is 2.78. The van der Waals surface area contributed by atoms with Crippen LogP contribution in [0.25, 0.3) is 11.3 Å². The van der Waals surface area contributed by atoms with Crippen molar-refractivity contribution in [2.75, 3.05) is 13.1 Å². The van der Waals surface area contributed by atoms with Crippen LogP contribution in [0.4, 0.5) is 13.2 Å². The first kappa shape index (κ1) is 22.0. The monoisotopic (exact) mass is 435 g/mol. The number of rotatable bonds is 5. The normalized spacial score (nSPS) is 14.1. The molecule has 1 aliphatic rings. The van der Waals surface area contributed by atoms with E-state index in [4.69, 9.17) is 5.26 Å². The number of alkyl halides is 3. The molecule has 3 nitrogen and oxygen atoms in total. The maximum absolute atomic E-state index is 12.6. The second-order valence-corrected chi connectivity index (χ2v) is 8.32. The molecule has 0 bridgehead atoms. The Hall–Kier alpha value is -3.17. The van der Waals surface area contributed by atoms with Gasteiger partial charge in [-0.3, -0.25) is 9.88 Å². The first-order valence-corrected chi connectivity index (χ1v) is 10.7. The molecule has 0 amide bonds. The number of aromatic nitrogens is 1. The zero-order valence-corrected chi connectivity index (χ0v) is 17.9. The summed E-state index contributed by atoms with van der Waals surface area (Å²) in [7, 11) is 0. The Morgan fingerprint density at radius 3 is 2.69 bits per heavy atom. The number of halogens is 3. The van der Waals surface area contributed by atoms with Crippen LogP contribution in [0, 0.1) is 18.3 Å². The molecule has 32 heavy (non-hydrogen) atoms. The van der Waals surface area contributed by atoms with E-state index in [9.17, 15) is 13.2 Å². The summed E-state index contributed by atoms with van der Waals surface area (Å²) in [5.74, 6) is 0. The minimum absolute atomic E-state index is 0.0477. The molecule has 1 aromatic heterocycles. The summed E-state index contributed by atoms with van der Waals surface area (Å²) in [6, 6.07) is 18.2. The topological polar surface area (TPSA) is 39.9 Å². The molecular weight excluding hydrogens is 411 g/mol. The van der Waals surface area contributed by atoms with Crippen LogP contribution in [0.1, 0.15) is 39.8 Å². The third-order valence-corrected chi connectivity index (χ3v) is 6.02. The Balaban J connectivity index is 1.54. The van der Waals surface area contributed by atoms with E-state index < -0.39 is 12.6 Å². The molecule has 0 N–H and O–H groups in total. The van der Waals surface area contributed by atoms with E-state index in [1.165, 1.54) is 11.1 Å². The lowest BCUT2D eigenvalue weighted by atomic mass is 9.90. The summed E-state index contributed by atoms with van der Waals surface area (Å²) in [5.41, 5.74) is 8.27. The minimum atomic E-state index is -4.12. The van der Waals surface area contributed by atoms with Crippen molar-refractivity contribution in [3.63, 3.8) is 0 Å². The van der Waals surface area contributed by atoms with Gasteiger partial charge in [0, 0.05) is 31.4 Å². The third kappa shape index (κ3) is 5.17. The molecule has 0 fully saturated rings. The van der Waals surface area contributed by atoms with Gasteiger partial charge in [-0.25, -0.2) is 0 Å². The average molecular weight is 435 g/mol. The smallest absolute Gasteiger partial charge is 0.298 e. The number of fused-ring (bicyclic) bond motifs is 1. The molecule has 0 saturated heterocycles. The van der Waals surface area contributed by atoms with Crippen LogP contribution in [-0.4, -0.2) is 29.1 Å². The molecule has 0 atom stereocenters. The van der Waals surface area contributed by atoms with Gasteiger partial charge in [-0.15, -0.1) is 0 Å². The Kier molecular flexibility index (Phi) is 6.29. The molecule has 6 heteroatoms. The molecule has 2 heterocycles. The number of aryl methyl sites for hydroxylation is 1. The third-order valence-electron chi connectivity index (χ3n) is 6.02. The second-order valence-electron chi connectivity index (χ2n) is 8.32. The van der Waals surface area contributed by atoms with Gasteiger partial charge in [0.2, 0.25) is 0 Å². The van der Waals surface area contributed by atoms with E-state index in [1.807, 2.05) is 30.0 Å². The van der Waals surface area contributed by atoms with E-state index in [0.717, 1.165) is 40.8 Å². The van der Waals surface area contributed by atoms with Crippen molar-refractivity contribution in [2.45, 2.75) is 38.9 Å². The molecule has 4 rings (SSSR count). The van der Waals surface area contributed by atoms with E-state index in [2.05, 4.69) is 35.3 Å². The van der Waals surface area contributed by atoms with Crippen LogP contribution >= 0.6 is 0 Å². The van der Waals surface area contributed by atoms with Crippen LogP contribution in [0.5, 0.6) is 0 Å². The highest BCUT2D eigenvalue weighted by molar-refractivity contribution is 5.65. The lowest BCUT2D eigenvalue weighted by Crippen LogP contribution is -2.33. The van der Waals surface area contributed by atoms with E-state index in [-0.39, 0.29) is 6.54 Å². The molecule has 0 unspecified atom stereocenters. The largest absolute Gasteiger partial charge is 0.390 e. The molecule has 0 radical (unpaired) electrons. The Labute approximate surface area is 186 Å². The highest BCUT2D eigenvalue weighted by atomic mass is 19.4. The lowest BCUT2D eigenvalue weighted by Gasteiger charge is -2.30. The quantitative estimate of drug-likeness (QED) is 0.506. The predicted molar refractivity (Wildman–Crippen MR) is 118 cm³/mol. The fourth-order valence-corrected chi connectivity index (χ4v) is 4.28. The standard InChI is InChI=1S/C26H24F3N3/c1-18-5-6-19(14-24(18)25-8-7-20(15-30)16-31-25)13-21-3-2-4-22-17-32(11-9-23(21)22)12-10-26(27,28)29/h2-8,14,16H,9-13,17H2,1H3. The van der Waals surface area contributed by atoms with Gasteiger partial charge >= 0.3 is 6.18 Å². The van der Waals surface area contributed by atoms with Gasteiger partial charge < -0.3 is 0 Å². The Morgan fingerprint density at radius 2 is 1.97 bits per heavy atom. The zero-order chi connectivity index (χ0) is 22.7. The van der Waals surface area contributed by atoms with Crippen LogP contribution in [-0.2, 0) is 19.4 Å². The fraction of sp³-hybridized carbons (Fsp3) is 0.308. The Morgan fingerprint density at radius 1 is 1.12 bits per heavy atom. The zero-order valence-electron chi connectivity index (χ0n) is 17.9. The van der Waals surface area contributed by atoms with E-state index in [0.29, 0.717) is 18.7 Å². The van der Waals surface area contributed by atoms with Gasteiger partial charge in [0.25, 0.3) is 0 Å². The maximum atomic E-state index is 12.6. The predicted octanol–water partition coefficient (Wildman–Crippen LogP) is 5.83. The summed E-state index contributed by atoms with van der Waals surface area (Å²) in [5, 5.41) is 9.00. The van der Waals surface area contributed by atoms with Crippen molar-refractivity contribution >= 4 is 0 Å². The van der Waals surface area contributed by atoms with Crippen LogP contribution in [0.15, 0.2) is 54.7 Å². The summed E-state index contributed by atoms with van der Waals surface area (Å²) in [4.78, 5) is 6.32. The summed E-state index contributed by atoms with van der Waals surface area (Å²) >= 11 is 0. The van der Waals surface area contributed by atoms with Crippen molar-refractivity contribution < 1.29 is 13.2 Å². The summed E-state index contributed by atoms with van der Waals surface area (Å²) in [6.07, 6.45) is -1.78. The van der Waals surface area contributed by atoms with Crippen molar-refractivity contribution in [1.29, 1.82) is 5.26 Å². The first-order chi connectivity index (χ1) is 15.3. The minimum Gasteiger partial charge on any atom is -0.298 e. The van der Waals surface area contributed by atoms with E-state index in [1.54, 1.807) is 12.3 Å². The Bertz CT molecular complexity index is 1140. The molecular formula is C26H24F3N3. The van der Waals surface area contributed by atoms with Crippen molar-refractivity contribution in [3.05, 3.63) is 88.1 Å². The van der Waals surface area contributed by atoms with Crippen molar-refractivity contribution in [2.24, 2.45) is 0 Å². The number of pyridine rings is 1. The lowest BCUT2D eigenvalue weighted by molar-refractivity contribution is -0.138. The number of nitrogens with zero attached hydrogens (tertiary/aromatic N) is 3. The maximum Gasteiger partial charge on any atom is 0.390 e. The van der Waals surface area contributed by atoms with Gasteiger partial charge in [-0.1, -0.05) is 30.3 Å². The molecule has 164 valence electrons. The van der Waals surface area contributed by atoms with Crippen molar-refractivity contribution in [3.8, 4) is 17.3 Å². The molecule has 0 aliphatic carbocycles. The SMILES string of the molecule is Cc1ccc(Cc2cccc3c2CCN(CCC(F)(F)F)C3)cc1-c1ccc(C#N)cn1. The summed E-state index contributed by atoms with van der Waals surface area (Å²) in [6.45, 7) is 3.30. The second kappa shape index (κ2) is 9.13. The molecule has 0 spiro atoms. The van der Waals surface area contributed by atoms with Crippen LogP contribution in [0.3, 0.4) is 0 Å².